The Hall–Kier alpha value is -7.68. The zero-order chi connectivity index (χ0) is 41.5. The van der Waals surface area contributed by atoms with E-state index in [2.05, 4.69) is 259 Å². The first-order valence-corrected chi connectivity index (χ1v) is 21.7. The lowest BCUT2D eigenvalue weighted by Gasteiger charge is -2.34. The van der Waals surface area contributed by atoms with Crippen LogP contribution < -0.4 is 9.80 Å². The molecule has 2 aliphatic carbocycles. The summed E-state index contributed by atoms with van der Waals surface area (Å²) in [6.07, 6.45) is 17.0. The Kier molecular flexibility index (Phi) is 11.1. The molecule has 62 heavy (non-hydrogen) atoms. The van der Waals surface area contributed by atoms with Gasteiger partial charge in [0.15, 0.2) is 0 Å². The molecule has 8 aromatic carbocycles. The molecular weight excluding hydrogens is 749 g/mol. The summed E-state index contributed by atoms with van der Waals surface area (Å²) in [5.41, 5.74) is 18.1. The van der Waals surface area contributed by atoms with Crippen LogP contribution in [0.25, 0.3) is 44.5 Å². The molecule has 1 atom stereocenters. The Morgan fingerprint density at radius 3 is 1.05 bits per heavy atom. The fourth-order valence-corrected chi connectivity index (χ4v) is 8.79. The Morgan fingerprint density at radius 2 is 0.726 bits per heavy atom. The third kappa shape index (κ3) is 8.37. The van der Waals surface area contributed by atoms with Gasteiger partial charge in [0.25, 0.3) is 0 Å². The van der Waals surface area contributed by atoms with E-state index in [4.69, 9.17) is 0 Å². The van der Waals surface area contributed by atoms with Gasteiger partial charge in [0, 0.05) is 28.4 Å². The third-order valence-corrected chi connectivity index (χ3v) is 12.1. The Morgan fingerprint density at radius 1 is 0.371 bits per heavy atom. The minimum absolute atomic E-state index is 0.195. The van der Waals surface area contributed by atoms with E-state index in [0.717, 1.165) is 36.3 Å². The molecule has 0 aliphatic heterocycles. The van der Waals surface area contributed by atoms with E-state index >= 15 is 0 Å². The second kappa shape index (κ2) is 17.9. The molecule has 2 heteroatoms. The number of benzene rings is 8. The third-order valence-electron chi connectivity index (χ3n) is 12.1. The molecule has 0 bridgehead atoms. The molecule has 0 aromatic heterocycles. The van der Waals surface area contributed by atoms with Crippen LogP contribution in [0, 0.1) is 0 Å². The van der Waals surface area contributed by atoms with Crippen LogP contribution in [-0.2, 0) is 0 Å². The predicted octanol–water partition coefficient (Wildman–Crippen LogP) is 16.5. The van der Waals surface area contributed by atoms with Crippen molar-refractivity contribution in [1.82, 2.24) is 0 Å². The van der Waals surface area contributed by atoms with Crippen LogP contribution in [0.3, 0.4) is 0 Å². The molecule has 2 nitrogen and oxygen atoms in total. The maximum absolute atomic E-state index is 2.49. The lowest BCUT2D eigenvalue weighted by molar-refractivity contribution is 0.778. The van der Waals surface area contributed by atoms with Crippen LogP contribution >= 0.6 is 0 Å². The average molecular weight is 797 g/mol. The van der Waals surface area contributed by atoms with Crippen molar-refractivity contribution in [1.29, 1.82) is 0 Å². The van der Waals surface area contributed by atoms with Crippen molar-refractivity contribution in [2.75, 3.05) is 9.80 Å². The van der Waals surface area contributed by atoms with Crippen LogP contribution in [0.5, 0.6) is 0 Å². The maximum Gasteiger partial charge on any atom is 0.0560 e. The van der Waals surface area contributed by atoms with E-state index in [1.165, 1.54) is 67.0 Å². The molecule has 0 heterocycles. The predicted molar refractivity (Wildman–Crippen MR) is 264 cm³/mol. The van der Waals surface area contributed by atoms with Gasteiger partial charge in [-0.25, -0.2) is 0 Å². The van der Waals surface area contributed by atoms with Crippen LogP contribution in [0.2, 0.25) is 0 Å². The normalized spacial score (nSPS) is 14.5. The van der Waals surface area contributed by atoms with E-state index in [1.807, 2.05) is 0 Å². The standard InChI is InChI=1S/C60H48N2/c1-5-13-45(14-6-1)49-21-33-55(34-22-49)61(56-35-23-50(24-36-56)46-15-7-2-8-16-46)59-41-29-53(30-42-59)54-31-43-60(44-32-54)62(57-37-25-51(26-38-57)47-17-9-3-10-18-47)58-39-27-52(28-40-58)48-19-11-4-12-20-48/h1-11,13-19,21-39,41-44,58H,12,20,40H2. The van der Waals surface area contributed by atoms with Gasteiger partial charge in [-0.05, 0) is 136 Å². The van der Waals surface area contributed by atoms with E-state index in [9.17, 15) is 0 Å². The molecule has 10 rings (SSSR count). The fraction of sp³-hybridized carbons (Fsp3) is 0.0667. The second-order valence-electron chi connectivity index (χ2n) is 16.0. The fourth-order valence-electron chi connectivity index (χ4n) is 8.79. The van der Waals surface area contributed by atoms with Gasteiger partial charge in [-0.1, -0.05) is 188 Å². The molecule has 0 saturated carbocycles. The molecule has 0 N–H and O–H groups in total. The van der Waals surface area contributed by atoms with E-state index in [0.29, 0.717) is 0 Å². The average Bonchev–Trinajstić information content (AvgIpc) is 3.36. The van der Waals surface area contributed by atoms with Crippen molar-refractivity contribution in [2.24, 2.45) is 0 Å². The number of hydrogen-bond acceptors (Lipinski definition) is 2. The number of hydrogen-bond donors (Lipinski definition) is 0. The van der Waals surface area contributed by atoms with Crippen molar-refractivity contribution in [2.45, 2.75) is 25.3 Å². The molecule has 8 aromatic rings. The largest absolute Gasteiger partial charge is 0.334 e. The van der Waals surface area contributed by atoms with Crippen molar-refractivity contribution < 1.29 is 0 Å². The van der Waals surface area contributed by atoms with Crippen LogP contribution in [-0.4, -0.2) is 6.04 Å². The molecule has 2 aliphatic rings. The second-order valence-corrected chi connectivity index (χ2v) is 16.0. The lowest BCUT2D eigenvalue weighted by atomic mass is 9.91. The minimum atomic E-state index is 0.195. The number of anilines is 5. The summed E-state index contributed by atoms with van der Waals surface area (Å²) in [7, 11) is 0. The first-order chi connectivity index (χ1) is 30.7. The Bertz CT molecular complexity index is 2770. The summed E-state index contributed by atoms with van der Waals surface area (Å²) in [5.74, 6) is 0. The van der Waals surface area contributed by atoms with Crippen molar-refractivity contribution in [3.05, 3.63) is 260 Å². The van der Waals surface area contributed by atoms with Crippen molar-refractivity contribution in [3.63, 3.8) is 0 Å². The number of rotatable bonds is 11. The SMILES string of the molecule is C1=CCCC(C2=CCC(N(c3ccc(-c4ccccc4)cc3)c3ccc(-c4ccc(N(c5ccc(-c6ccccc6)cc5)c5ccc(-c6ccccc6)cc5)cc4)cc3)C=C2)=C1. The Labute approximate surface area is 366 Å². The van der Waals surface area contributed by atoms with Crippen LogP contribution in [0.1, 0.15) is 19.3 Å². The first-order valence-electron chi connectivity index (χ1n) is 21.7. The van der Waals surface area contributed by atoms with Crippen LogP contribution in [0.4, 0.5) is 28.4 Å². The van der Waals surface area contributed by atoms with Gasteiger partial charge in [-0.3, -0.25) is 0 Å². The lowest BCUT2D eigenvalue weighted by Crippen LogP contribution is -2.30. The highest BCUT2D eigenvalue weighted by Crippen LogP contribution is 2.39. The molecule has 0 radical (unpaired) electrons. The first kappa shape index (κ1) is 38.5. The van der Waals surface area contributed by atoms with Gasteiger partial charge in [0.05, 0.1) is 6.04 Å². The van der Waals surface area contributed by atoms with Gasteiger partial charge in [0.1, 0.15) is 0 Å². The molecule has 0 fully saturated rings. The van der Waals surface area contributed by atoms with E-state index < -0.39 is 0 Å². The molecule has 0 spiro atoms. The summed E-state index contributed by atoms with van der Waals surface area (Å²) in [6.45, 7) is 0. The van der Waals surface area contributed by atoms with Gasteiger partial charge < -0.3 is 9.80 Å². The zero-order valence-corrected chi connectivity index (χ0v) is 34.8. The quantitative estimate of drug-likeness (QED) is 0.129. The van der Waals surface area contributed by atoms with E-state index in [-0.39, 0.29) is 6.04 Å². The smallest absolute Gasteiger partial charge is 0.0560 e. The van der Waals surface area contributed by atoms with Gasteiger partial charge in [-0.15, -0.1) is 0 Å². The maximum atomic E-state index is 2.49. The van der Waals surface area contributed by atoms with Gasteiger partial charge >= 0.3 is 0 Å². The highest BCUT2D eigenvalue weighted by Gasteiger charge is 2.22. The van der Waals surface area contributed by atoms with Crippen LogP contribution in [0.15, 0.2) is 260 Å². The number of allylic oxidation sites excluding steroid dienone is 6. The molecule has 0 saturated heterocycles. The summed E-state index contributed by atoms with van der Waals surface area (Å²) >= 11 is 0. The molecule has 298 valence electrons. The molecular formula is C60H48N2. The molecule has 0 amide bonds. The minimum Gasteiger partial charge on any atom is -0.334 e. The monoisotopic (exact) mass is 796 g/mol. The Balaban J connectivity index is 0.942. The highest BCUT2D eigenvalue weighted by molar-refractivity contribution is 5.82. The highest BCUT2D eigenvalue weighted by atomic mass is 15.2. The van der Waals surface area contributed by atoms with Gasteiger partial charge in [0.2, 0.25) is 0 Å². The number of nitrogens with zero attached hydrogens (tertiary/aromatic N) is 2. The summed E-state index contributed by atoms with van der Waals surface area (Å²) in [4.78, 5) is 4.83. The topological polar surface area (TPSA) is 6.48 Å². The molecule has 1 unspecified atom stereocenters. The van der Waals surface area contributed by atoms with Crippen molar-refractivity contribution >= 4 is 28.4 Å². The van der Waals surface area contributed by atoms with Gasteiger partial charge in [-0.2, -0.15) is 0 Å². The van der Waals surface area contributed by atoms with E-state index in [1.54, 1.807) is 0 Å². The summed E-state index contributed by atoms with van der Waals surface area (Å²) < 4.78 is 0. The summed E-state index contributed by atoms with van der Waals surface area (Å²) in [6, 6.07) is 76.9. The van der Waals surface area contributed by atoms with Crippen molar-refractivity contribution in [3.8, 4) is 44.5 Å². The summed E-state index contributed by atoms with van der Waals surface area (Å²) in [5, 5.41) is 0. The zero-order valence-electron chi connectivity index (χ0n) is 34.8.